The fourth-order valence-electron chi connectivity index (χ4n) is 3.41. The number of carbonyl (C=O) groups is 1. The van der Waals surface area contributed by atoms with Gasteiger partial charge < -0.3 is 10.1 Å². The molecule has 0 bridgehead atoms. The van der Waals surface area contributed by atoms with Gasteiger partial charge in [0.15, 0.2) is 0 Å². The zero-order valence-electron chi connectivity index (χ0n) is 16.9. The number of benzene rings is 2. The molecule has 3 rings (SSSR count). The first-order valence-corrected chi connectivity index (χ1v) is 9.57. The summed E-state index contributed by atoms with van der Waals surface area (Å²) in [6, 6.07) is 15.9. The van der Waals surface area contributed by atoms with E-state index >= 15 is 0 Å². The Kier molecular flexibility index (Phi) is 6.14. The van der Waals surface area contributed by atoms with E-state index in [4.69, 9.17) is 4.74 Å². The van der Waals surface area contributed by atoms with E-state index in [1.807, 2.05) is 61.9 Å². The number of hydrogen-bond donors (Lipinski definition) is 1. The Labute approximate surface area is 166 Å². The number of carbonyl (C=O) groups excluding carboxylic acids is 1. The Morgan fingerprint density at radius 1 is 1.21 bits per heavy atom. The summed E-state index contributed by atoms with van der Waals surface area (Å²) in [4.78, 5) is 13.0. The van der Waals surface area contributed by atoms with Crippen LogP contribution in [-0.2, 0) is 13.0 Å². The van der Waals surface area contributed by atoms with Crippen LogP contribution >= 0.6 is 0 Å². The lowest BCUT2D eigenvalue weighted by Crippen LogP contribution is -2.27. The maximum Gasteiger partial charge on any atom is 0.255 e. The minimum atomic E-state index is -0.176. The van der Waals surface area contributed by atoms with Gasteiger partial charge in [-0.1, -0.05) is 55.0 Å². The van der Waals surface area contributed by atoms with Crippen molar-refractivity contribution in [1.29, 1.82) is 0 Å². The fourth-order valence-corrected chi connectivity index (χ4v) is 3.41. The third kappa shape index (κ3) is 4.25. The maximum absolute atomic E-state index is 13.0. The van der Waals surface area contributed by atoms with Crippen LogP contribution < -0.4 is 10.1 Å². The van der Waals surface area contributed by atoms with E-state index in [2.05, 4.69) is 22.5 Å². The van der Waals surface area contributed by atoms with Gasteiger partial charge in [-0.3, -0.25) is 9.48 Å². The molecule has 0 aliphatic carbocycles. The SMILES string of the molecule is CCc1c(C(=O)NC(C)c2cc(C)ccc2OC)cnn1Cc1ccccc1. The molecule has 1 heterocycles. The minimum absolute atomic E-state index is 0.118. The number of ether oxygens (including phenoxy) is 1. The summed E-state index contributed by atoms with van der Waals surface area (Å²) in [5.74, 6) is 0.654. The second-order valence-electron chi connectivity index (χ2n) is 6.94. The lowest BCUT2D eigenvalue weighted by Gasteiger charge is -2.18. The van der Waals surface area contributed by atoms with E-state index in [-0.39, 0.29) is 11.9 Å². The van der Waals surface area contributed by atoms with E-state index in [1.165, 1.54) is 0 Å². The molecule has 1 aromatic heterocycles. The molecule has 0 saturated heterocycles. The number of amides is 1. The van der Waals surface area contributed by atoms with Crippen molar-refractivity contribution in [3.63, 3.8) is 0 Å². The molecule has 146 valence electrons. The van der Waals surface area contributed by atoms with Crippen LogP contribution in [0.1, 0.15) is 52.6 Å². The van der Waals surface area contributed by atoms with Crippen molar-refractivity contribution in [3.8, 4) is 5.75 Å². The van der Waals surface area contributed by atoms with Gasteiger partial charge in [-0.25, -0.2) is 0 Å². The second-order valence-corrected chi connectivity index (χ2v) is 6.94. The molecule has 0 aliphatic rings. The highest BCUT2D eigenvalue weighted by Gasteiger charge is 2.20. The first-order chi connectivity index (χ1) is 13.5. The summed E-state index contributed by atoms with van der Waals surface area (Å²) < 4.78 is 7.36. The first-order valence-electron chi connectivity index (χ1n) is 9.57. The molecule has 0 aliphatic heterocycles. The van der Waals surface area contributed by atoms with Crippen LogP contribution in [0.25, 0.3) is 0 Å². The lowest BCUT2D eigenvalue weighted by molar-refractivity contribution is 0.0938. The normalized spacial score (nSPS) is 11.9. The largest absolute Gasteiger partial charge is 0.496 e. The minimum Gasteiger partial charge on any atom is -0.496 e. The van der Waals surface area contributed by atoms with Crippen LogP contribution in [0.3, 0.4) is 0 Å². The van der Waals surface area contributed by atoms with Crippen molar-refractivity contribution in [1.82, 2.24) is 15.1 Å². The van der Waals surface area contributed by atoms with Gasteiger partial charge in [-0.15, -0.1) is 0 Å². The number of methoxy groups -OCH3 is 1. The molecule has 28 heavy (non-hydrogen) atoms. The predicted octanol–water partition coefficient (Wildman–Crippen LogP) is 4.30. The Morgan fingerprint density at radius 3 is 2.64 bits per heavy atom. The second kappa shape index (κ2) is 8.74. The molecule has 1 atom stereocenters. The van der Waals surface area contributed by atoms with Crippen molar-refractivity contribution in [2.45, 2.75) is 39.8 Å². The fraction of sp³-hybridized carbons (Fsp3) is 0.304. The molecule has 1 unspecified atom stereocenters. The molecule has 0 radical (unpaired) electrons. The first kappa shape index (κ1) is 19.7. The van der Waals surface area contributed by atoms with Crippen molar-refractivity contribution < 1.29 is 9.53 Å². The van der Waals surface area contributed by atoms with Crippen molar-refractivity contribution >= 4 is 5.91 Å². The standard InChI is InChI=1S/C23H27N3O2/c1-5-21-20(14-24-26(21)15-18-9-7-6-8-10-18)23(27)25-17(3)19-13-16(2)11-12-22(19)28-4/h6-14,17H,5,15H2,1-4H3,(H,25,27). The monoisotopic (exact) mass is 377 g/mol. The topological polar surface area (TPSA) is 56.1 Å². The molecule has 5 heteroatoms. The molecular formula is C23H27N3O2. The van der Waals surface area contributed by atoms with Gasteiger partial charge in [-0.2, -0.15) is 5.10 Å². The van der Waals surface area contributed by atoms with Crippen LogP contribution in [0.15, 0.2) is 54.7 Å². The molecule has 0 spiro atoms. The smallest absolute Gasteiger partial charge is 0.255 e. The predicted molar refractivity (Wildman–Crippen MR) is 111 cm³/mol. The average molecular weight is 377 g/mol. The lowest BCUT2D eigenvalue weighted by atomic mass is 10.0. The van der Waals surface area contributed by atoms with Gasteiger partial charge in [0.05, 0.1) is 37.2 Å². The van der Waals surface area contributed by atoms with Gasteiger partial charge in [0.25, 0.3) is 5.91 Å². The Hall–Kier alpha value is -3.08. The summed E-state index contributed by atoms with van der Waals surface area (Å²) in [7, 11) is 1.64. The number of rotatable bonds is 7. The number of aryl methyl sites for hydroxylation is 1. The average Bonchev–Trinajstić information content (AvgIpc) is 3.11. The molecule has 1 amide bonds. The van der Waals surface area contributed by atoms with Crippen LogP contribution in [0.4, 0.5) is 0 Å². The van der Waals surface area contributed by atoms with E-state index < -0.39 is 0 Å². The quantitative estimate of drug-likeness (QED) is 0.668. The zero-order valence-corrected chi connectivity index (χ0v) is 16.9. The summed E-state index contributed by atoms with van der Waals surface area (Å²) >= 11 is 0. The Bertz CT molecular complexity index is 948. The maximum atomic E-state index is 13.0. The summed E-state index contributed by atoms with van der Waals surface area (Å²) in [6.45, 7) is 6.69. The summed E-state index contributed by atoms with van der Waals surface area (Å²) in [5, 5.41) is 7.56. The summed E-state index contributed by atoms with van der Waals surface area (Å²) in [6.07, 6.45) is 2.40. The van der Waals surface area contributed by atoms with E-state index in [0.717, 1.165) is 34.6 Å². The molecule has 0 fully saturated rings. The zero-order chi connectivity index (χ0) is 20.1. The number of hydrogen-bond acceptors (Lipinski definition) is 3. The molecule has 0 saturated carbocycles. The Morgan fingerprint density at radius 2 is 1.96 bits per heavy atom. The van der Waals surface area contributed by atoms with Crippen LogP contribution in [0.5, 0.6) is 5.75 Å². The van der Waals surface area contributed by atoms with Crippen LogP contribution in [-0.4, -0.2) is 22.8 Å². The number of aromatic nitrogens is 2. The van der Waals surface area contributed by atoms with Crippen molar-refractivity contribution in [2.75, 3.05) is 7.11 Å². The molecule has 3 aromatic rings. The van der Waals surface area contributed by atoms with Crippen molar-refractivity contribution in [2.24, 2.45) is 0 Å². The Balaban J connectivity index is 1.80. The summed E-state index contributed by atoms with van der Waals surface area (Å²) in [5.41, 5.74) is 4.80. The van der Waals surface area contributed by atoms with Crippen molar-refractivity contribution in [3.05, 3.63) is 82.7 Å². The van der Waals surface area contributed by atoms with Crippen LogP contribution in [0, 0.1) is 6.92 Å². The molecule has 2 aromatic carbocycles. The highest BCUT2D eigenvalue weighted by Crippen LogP contribution is 2.26. The van der Waals surface area contributed by atoms with Gasteiger partial charge in [0, 0.05) is 5.56 Å². The molecular weight excluding hydrogens is 350 g/mol. The van der Waals surface area contributed by atoms with Crippen LogP contribution in [0.2, 0.25) is 0 Å². The van der Waals surface area contributed by atoms with E-state index in [1.54, 1.807) is 13.3 Å². The molecule has 5 nitrogen and oxygen atoms in total. The van der Waals surface area contributed by atoms with E-state index in [9.17, 15) is 4.79 Å². The number of nitrogens with zero attached hydrogens (tertiary/aromatic N) is 2. The number of nitrogens with one attached hydrogen (secondary N) is 1. The van der Waals surface area contributed by atoms with Gasteiger partial charge >= 0.3 is 0 Å². The highest BCUT2D eigenvalue weighted by molar-refractivity contribution is 5.95. The third-order valence-corrected chi connectivity index (χ3v) is 4.90. The van der Waals surface area contributed by atoms with Gasteiger partial charge in [0.2, 0.25) is 0 Å². The van der Waals surface area contributed by atoms with E-state index in [0.29, 0.717) is 12.1 Å². The van der Waals surface area contributed by atoms with Gasteiger partial charge in [-0.05, 0) is 31.9 Å². The highest BCUT2D eigenvalue weighted by atomic mass is 16.5. The molecule has 1 N–H and O–H groups in total. The third-order valence-electron chi connectivity index (χ3n) is 4.90. The van der Waals surface area contributed by atoms with Gasteiger partial charge in [0.1, 0.15) is 5.75 Å².